The van der Waals surface area contributed by atoms with E-state index in [-0.39, 0.29) is 5.91 Å². The third-order valence-corrected chi connectivity index (χ3v) is 4.59. The Morgan fingerprint density at radius 1 is 1.28 bits per heavy atom. The molecule has 1 N–H and O–H groups in total. The normalized spacial score (nSPS) is 17.8. The van der Waals surface area contributed by atoms with E-state index in [0.29, 0.717) is 11.8 Å². The Morgan fingerprint density at radius 2 is 2.08 bits per heavy atom. The van der Waals surface area contributed by atoms with Crippen LogP contribution in [0.1, 0.15) is 48.1 Å². The van der Waals surface area contributed by atoms with Crippen molar-refractivity contribution in [2.24, 2.45) is 5.92 Å². The third kappa shape index (κ3) is 4.86. The van der Waals surface area contributed by atoms with Gasteiger partial charge in [-0.05, 0) is 37.1 Å². The summed E-state index contributed by atoms with van der Waals surface area (Å²) in [6.45, 7) is 7.85. The first-order chi connectivity index (χ1) is 12.1. The molecule has 2 aromatic rings. The topological polar surface area (TPSA) is 58.1 Å². The van der Waals surface area contributed by atoms with Crippen LogP contribution in [0.4, 0.5) is 0 Å². The smallest absolute Gasteiger partial charge is 0.251 e. The third-order valence-electron chi connectivity index (χ3n) is 4.59. The lowest BCUT2D eigenvalue weighted by Crippen LogP contribution is -2.31. The summed E-state index contributed by atoms with van der Waals surface area (Å²) in [4.78, 5) is 23.5. The Kier molecular flexibility index (Phi) is 5.76. The Labute approximate surface area is 149 Å². The maximum absolute atomic E-state index is 12.1. The first kappa shape index (κ1) is 17.5. The van der Waals surface area contributed by atoms with Crippen LogP contribution in [0.15, 0.2) is 42.6 Å². The molecule has 0 aliphatic carbocycles. The van der Waals surface area contributed by atoms with Crippen LogP contribution in [0, 0.1) is 5.92 Å². The number of nitrogens with one attached hydrogen (secondary N) is 1. The maximum atomic E-state index is 12.1. The van der Waals surface area contributed by atoms with Crippen molar-refractivity contribution in [3.63, 3.8) is 0 Å². The molecule has 0 bridgehead atoms. The highest BCUT2D eigenvalue weighted by atomic mass is 16.1. The van der Waals surface area contributed by atoms with Gasteiger partial charge in [-0.15, -0.1) is 0 Å². The van der Waals surface area contributed by atoms with Crippen LogP contribution in [0.3, 0.4) is 0 Å². The molecular formula is C20H26N4O. The number of benzene rings is 1. The van der Waals surface area contributed by atoms with E-state index in [1.54, 1.807) is 0 Å². The number of amides is 1. The largest absolute Gasteiger partial charge is 0.352 e. The van der Waals surface area contributed by atoms with Gasteiger partial charge in [-0.3, -0.25) is 9.69 Å². The Hall–Kier alpha value is -2.27. The van der Waals surface area contributed by atoms with Gasteiger partial charge in [0, 0.05) is 37.3 Å². The summed E-state index contributed by atoms with van der Waals surface area (Å²) in [5.41, 5.74) is 1.80. The maximum Gasteiger partial charge on any atom is 0.251 e. The molecule has 0 spiro atoms. The number of hydrogen-bond acceptors (Lipinski definition) is 4. The first-order valence-corrected chi connectivity index (χ1v) is 8.99. The van der Waals surface area contributed by atoms with Gasteiger partial charge < -0.3 is 5.32 Å². The summed E-state index contributed by atoms with van der Waals surface area (Å²) in [5, 5.41) is 3.06. The fourth-order valence-corrected chi connectivity index (χ4v) is 3.16. The van der Waals surface area contributed by atoms with Gasteiger partial charge >= 0.3 is 0 Å². The molecular weight excluding hydrogens is 312 g/mol. The van der Waals surface area contributed by atoms with E-state index < -0.39 is 0 Å². The number of rotatable bonds is 6. The minimum absolute atomic E-state index is 0.0106. The van der Waals surface area contributed by atoms with Crippen LogP contribution in [0.5, 0.6) is 0 Å². The van der Waals surface area contributed by atoms with Gasteiger partial charge in [0.05, 0.1) is 5.69 Å². The molecule has 1 fully saturated rings. The van der Waals surface area contributed by atoms with E-state index in [4.69, 9.17) is 0 Å². The molecule has 3 rings (SSSR count). The first-order valence-electron chi connectivity index (χ1n) is 8.99. The number of carbonyl (C=O) groups excluding carboxylic acids is 1. The molecule has 1 aliphatic rings. The van der Waals surface area contributed by atoms with Crippen LogP contribution >= 0.6 is 0 Å². The fraction of sp³-hybridized carbons (Fsp3) is 0.450. The SMILES string of the molecule is CC(C)c1nccc(CN2CC[C@H](CNC(=O)c3ccccc3)C2)n1. The van der Waals surface area contributed by atoms with E-state index in [9.17, 15) is 4.79 Å². The van der Waals surface area contributed by atoms with Crippen LogP contribution in [-0.2, 0) is 6.54 Å². The van der Waals surface area contributed by atoms with E-state index >= 15 is 0 Å². The van der Waals surface area contributed by atoms with Crippen LogP contribution in [0.25, 0.3) is 0 Å². The molecule has 1 amide bonds. The van der Waals surface area contributed by atoms with Crippen molar-refractivity contribution in [2.45, 2.75) is 32.7 Å². The summed E-state index contributed by atoms with van der Waals surface area (Å²) in [5.74, 6) is 1.76. The molecule has 2 heterocycles. The van der Waals surface area contributed by atoms with Gasteiger partial charge in [-0.1, -0.05) is 32.0 Å². The number of aromatic nitrogens is 2. The molecule has 1 aromatic carbocycles. The molecule has 132 valence electrons. The van der Waals surface area contributed by atoms with Crippen molar-refractivity contribution in [1.29, 1.82) is 0 Å². The minimum atomic E-state index is 0.0106. The average molecular weight is 338 g/mol. The molecule has 1 saturated heterocycles. The van der Waals surface area contributed by atoms with E-state index in [1.165, 1.54) is 0 Å². The van der Waals surface area contributed by atoms with Gasteiger partial charge in [0.2, 0.25) is 0 Å². The monoisotopic (exact) mass is 338 g/mol. The predicted octanol–water partition coefficient (Wildman–Crippen LogP) is 2.85. The number of carbonyl (C=O) groups is 1. The Bertz CT molecular complexity index is 702. The molecule has 1 aromatic heterocycles. The second-order valence-electron chi connectivity index (χ2n) is 7.03. The van der Waals surface area contributed by atoms with Crippen molar-refractivity contribution >= 4 is 5.91 Å². The second kappa shape index (κ2) is 8.21. The van der Waals surface area contributed by atoms with Gasteiger partial charge in [-0.25, -0.2) is 9.97 Å². The summed E-state index contributed by atoms with van der Waals surface area (Å²) in [7, 11) is 0. The zero-order chi connectivity index (χ0) is 17.6. The lowest BCUT2D eigenvalue weighted by Gasteiger charge is -2.16. The van der Waals surface area contributed by atoms with Crippen LogP contribution in [-0.4, -0.2) is 40.4 Å². The lowest BCUT2D eigenvalue weighted by molar-refractivity contribution is 0.0947. The van der Waals surface area contributed by atoms with Gasteiger partial charge in [0.15, 0.2) is 0 Å². The van der Waals surface area contributed by atoms with Crippen molar-refractivity contribution in [3.05, 3.63) is 59.7 Å². The average Bonchev–Trinajstić information content (AvgIpc) is 3.08. The highest BCUT2D eigenvalue weighted by Crippen LogP contribution is 2.18. The van der Waals surface area contributed by atoms with Crippen LogP contribution < -0.4 is 5.32 Å². The lowest BCUT2D eigenvalue weighted by atomic mass is 10.1. The van der Waals surface area contributed by atoms with Crippen molar-refractivity contribution in [2.75, 3.05) is 19.6 Å². The van der Waals surface area contributed by atoms with Crippen molar-refractivity contribution < 1.29 is 4.79 Å². The molecule has 1 aliphatic heterocycles. The number of nitrogens with zero attached hydrogens (tertiary/aromatic N) is 3. The Morgan fingerprint density at radius 3 is 2.84 bits per heavy atom. The molecule has 0 unspecified atom stereocenters. The predicted molar refractivity (Wildman–Crippen MR) is 98.3 cm³/mol. The van der Waals surface area contributed by atoms with E-state index in [0.717, 1.165) is 49.7 Å². The zero-order valence-electron chi connectivity index (χ0n) is 15.0. The molecule has 1 atom stereocenters. The van der Waals surface area contributed by atoms with E-state index in [2.05, 4.69) is 34.0 Å². The van der Waals surface area contributed by atoms with E-state index in [1.807, 2.05) is 42.6 Å². The summed E-state index contributed by atoms with van der Waals surface area (Å²) >= 11 is 0. The van der Waals surface area contributed by atoms with Crippen LogP contribution in [0.2, 0.25) is 0 Å². The van der Waals surface area contributed by atoms with Crippen molar-refractivity contribution in [1.82, 2.24) is 20.2 Å². The minimum Gasteiger partial charge on any atom is -0.352 e. The molecule has 0 saturated carbocycles. The number of likely N-dealkylation sites (tertiary alicyclic amines) is 1. The summed E-state index contributed by atoms with van der Waals surface area (Å²) in [6.07, 6.45) is 2.96. The molecule has 25 heavy (non-hydrogen) atoms. The quantitative estimate of drug-likeness (QED) is 0.880. The second-order valence-corrected chi connectivity index (χ2v) is 7.03. The van der Waals surface area contributed by atoms with Gasteiger partial charge in [0.25, 0.3) is 5.91 Å². The van der Waals surface area contributed by atoms with Gasteiger partial charge in [-0.2, -0.15) is 0 Å². The van der Waals surface area contributed by atoms with Crippen molar-refractivity contribution in [3.8, 4) is 0 Å². The molecule has 5 nitrogen and oxygen atoms in total. The van der Waals surface area contributed by atoms with Gasteiger partial charge in [0.1, 0.15) is 5.82 Å². The fourth-order valence-electron chi connectivity index (χ4n) is 3.16. The molecule has 5 heteroatoms. The zero-order valence-corrected chi connectivity index (χ0v) is 15.0. The Balaban J connectivity index is 1.47. The summed E-state index contributed by atoms with van der Waals surface area (Å²) < 4.78 is 0. The number of hydrogen-bond donors (Lipinski definition) is 1. The highest BCUT2D eigenvalue weighted by molar-refractivity contribution is 5.94. The highest BCUT2D eigenvalue weighted by Gasteiger charge is 2.23. The molecule has 0 radical (unpaired) electrons. The standard InChI is InChI=1S/C20H26N4O/c1-15(2)19-21-10-8-18(23-19)14-24-11-9-16(13-24)12-22-20(25)17-6-4-3-5-7-17/h3-8,10,15-16H,9,11-14H2,1-2H3,(H,22,25)/t16-/m1/s1. The summed E-state index contributed by atoms with van der Waals surface area (Å²) in [6, 6.07) is 11.4.